The Balaban J connectivity index is 1.68. The molecule has 8 nitrogen and oxygen atoms in total. The molecule has 8 heteroatoms. The highest BCUT2D eigenvalue weighted by atomic mass is 16.5. The van der Waals surface area contributed by atoms with Crippen molar-refractivity contribution in [3.05, 3.63) is 87.3 Å². The van der Waals surface area contributed by atoms with Gasteiger partial charge in [-0.3, -0.25) is 13.9 Å². The van der Waals surface area contributed by atoms with Gasteiger partial charge in [-0.05, 0) is 36.8 Å². The zero-order chi connectivity index (χ0) is 21.8. The molecule has 2 aromatic heterocycles. The zero-order valence-electron chi connectivity index (χ0n) is 17.5. The number of fused-ring (bicyclic) bond motifs is 1. The van der Waals surface area contributed by atoms with Crippen LogP contribution in [0.2, 0.25) is 0 Å². The van der Waals surface area contributed by atoms with Crippen LogP contribution in [0.25, 0.3) is 11.2 Å². The predicted octanol–water partition coefficient (Wildman–Crippen LogP) is 2.52. The van der Waals surface area contributed by atoms with Gasteiger partial charge in [-0.1, -0.05) is 30.3 Å². The van der Waals surface area contributed by atoms with Crippen LogP contribution in [-0.2, 0) is 19.6 Å². The van der Waals surface area contributed by atoms with E-state index in [2.05, 4.69) is 4.98 Å². The van der Waals surface area contributed by atoms with Crippen molar-refractivity contribution in [2.24, 2.45) is 0 Å². The second kappa shape index (κ2) is 8.91. The van der Waals surface area contributed by atoms with Crippen LogP contribution in [0.1, 0.15) is 12.5 Å². The van der Waals surface area contributed by atoms with Crippen molar-refractivity contribution in [3.8, 4) is 11.5 Å². The summed E-state index contributed by atoms with van der Waals surface area (Å²) in [7, 11) is 1.60. The van der Waals surface area contributed by atoms with Crippen molar-refractivity contribution in [3.63, 3.8) is 0 Å². The molecule has 0 atom stereocenters. The Hall–Kier alpha value is -3.81. The SMILES string of the molecule is CCn1cnc2c1c(=O)n(CCOc1ccc(OC)cc1)c(=O)n2Cc1ccccc1. The topological polar surface area (TPSA) is 80.3 Å². The minimum Gasteiger partial charge on any atom is -0.497 e. The van der Waals surface area contributed by atoms with Crippen LogP contribution in [-0.4, -0.2) is 32.4 Å². The molecule has 0 radical (unpaired) electrons. The number of aryl methyl sites for hydroxylation is 1. The summed E-state index contributed by atoms with van der Waals surface area (Å²) in [5.41, 5.74) is 1.01. The Morgan fingerprint density at radius 2 is 1.65 bits per heavy atom. The van der Waals surface area contributed by atoms with Gasteiger partial charge in [-0.2, -0.15) is 0 Å². The number of benzene rings is 2. The van der Waals surface area contributed by atoms with E-state index in [1.54, 1.807) is 46.8 Å². The average molecular weight is 420 g/mol. The Morgan fingerprint density at radius 3 is 2.32 bits per heavy atom. The maximum absolute atomic E-state index is 13.2. The number of aromatic nitrogens is 4. The van der Waals surface area contributed by atoms with Crippen molar-refractivity contribution in [2.75, 3.05) is 13.7 Å². The maximum Gasteiger partial charge on any atom is 0.333 e. The van der Waals surface area contributed by atoms with Crippen molar-refractivity contribution in [2.45, 2.75) is 26.6 Å². The molecule has 0 unspecified atom stereocenters. The molecule has 160 valence electrons. The van der Waals surface area contributed by atoms with Gasteiger partial charge in [0.25, 0.3) is 5.56 Å². The number of hydrogen-bond acceptors (Lipinski definition) is 5. The van der Waals surface area contributed by atoms with Gasteiger partial charge in [0.15, 0.2) is 11.2 Å². The van der Waals surface area contributed by atoms with E-state index in [0.717, 1.165) is 11.3 Å². The highest BCUT2D eigenvalue weighted by Crippen LogP contribution is 2.17. The molecule has 0 fully saturated rings. The van der Waals surface area contributed by atoms with Crippen LogP contribution in [0.5, 0.6) is 11.5 Å². The van der Waals surface area contributed by atoms with E-state index < -0.39 is 5.69 Å². The predicted molar refractivity (Wildman–Crippen MR) is 118 cm³/mol. The second-order valence-corrected chi connectivity index (χ2v) is 7.04. The summed E-state index contributed by atoms with van der Waals surface area (Å²) >= 11 is 0. The molecule has 0 aliphatic rings. The van der Waals surface area contributed by atoms with Crippen LogP contribution in [0, 0.1) is 0 Å². The maximum atomic E-state index is 13.2. The summed E-state index contributed by atoms with van der Waals surface area (Å²) in [5.74, 6) is 1.36. The van der Waals surface area contributed by atoms with Gasteiger partial charge in [-0.15, -0.1) is 0 Å². The Labute approximate surface area is 178 Å². The van der Waals surface area contributed by atoms with Crippen LogP contribution in [0.15, 0.2) is 70.5 Å². The van der Waals surface area contributed by atoms with E-state index >= 15 is 0 Å². The van der Waals surface area contributed by atoms with E-state index in [1.165, 1.54) is 4.57 Å². The first-order chi connectivity index (χ1) is 15.1. The Kier molecular flexibility index (Phi) is 5.88. The minimum atomic E-state index is -0.402. The Morgan fingerprint density at radius 1 is 0.935 bits per heavy atom. The van der Waals surface area contributed by atoms with Gasteiger partial charge in [0, 0.05) is 6.54 Å². The lowest BCUT2D eigenvalue weighted by Crippen LogP contribution is -2.42. The lowest BCUT2D eigenvalue weighted by atomic mass is 10.2. The van der Waals surface area contributed by atoms with E-state index in [9.17, 15) is 9.59 Å². The summed E-state index contributed by atoms with van der Waals surface area (Å²) in [5, 5.41) is 0. The van der Waals surface area contributed by atoms with Gasteiger partial charge in [0.1, 0.15) is 18.1 Å². The quantitative estimate of drug-likeness (QED) is 0.438. The van der Waals surface area contributed by atoms with Gasteiger partial charge in [0.2, 0.25) is 0 Å². The summed E-state index contributed by atoms with van der Waals surface area (Å²) < 4.78 is 15.4. The molecule has 0 aliphatic heterocycles. The van der Waals surface area contributed by atoms with Gasteiger partial charge < -0.3 is 14.0 Å². The van der Waals surface area contributed by atoms with E-state index in [0.29, 0.717) is 30.0 Å². The fourth-order valence-electron chi connectivity index (χ4n) is 3.51. The molecule has 4 aromatic rings. The molecule has 2 aromatic carbocycles. The molecule has 0 saturated heterocycles. The number of methoxy groups -OCH3 is 1. The highest BCUT2D eigenvalue weighted by molar-refractivity contribution is 5.70. The van der Waals surface area contributed by atoms with E-state index in [-0.39, 0.29) is 18.7 Å². The molecule has 0 amide bonds. The molecule has 0 aliphatic carbocycles. The van der Waals surface area contributed by atoms with Gasteiger partial charge in [-0.25, -0.2) is 9.78 Å². The molecular weight excluding hydrogens is 396 g/mol. The molecule has 2 heterocycles. The summed E-state index contributed by atoms with van der Waals surface area (Å²) in [6.07, 6.45) is 1.60. The van der Waals surface area contributed by atoms with Crippen molar-refractivity contribution in [1.29, 1.82) is 0 Å². The van der Waals surface area contributed by atoms with E-state index in [1.807, 2.05) is 37.3 Å². The molecule has 31 heavy (non-hydrogen) atoms. The lowest BCUT2D eigenvalue weighted by Gasteiger charge is -2.13. The minimum absolute atomic E-state index is 0.128. The summed E-state index contributed by atoms with van der Waals surface area (Å²) in [6, 6.07) is 16.8. The molecule has 0 saturated carbocycles. The number of nitrogens with zero attached hydrogens (tertiary/aromatic N) is 4. The molecule has 0 spiro atoms. The lowest BCUT2D eigenvalue weighted by molar-refractivity contribution is 0.292. The number of imidazole rings is 1. The first-order valence-corrected chi connectivity index (χ1v) is 10.1. The van der Waals surface area contributed by atoms with Crippen LogP contribution in [0.3, 0.4) is 0 Å². The summed E-state index contributed by atoms with van der Waals surface area (Å²) in [4.78, 5) is 30.7. The third kappa shape index (κ3) is 4.09. The van der Waals surface area contributed by atoms with Crippen LogP contribution >= 0.6 is 0 Å². The van der Waals surface area contributed by atoms with E-state index in [4.69, 9.17) is 9.47 Å². The van der Waals surface area contributed by atoms with Crippen molar-refractivity contribution < 1.29 is 9.47 Å². The third-order valence-electron chi connectivity index (χ3n) is 5.15. The van der Waals surface area contributed by atoms with Crippen molar-refractivity contribution >= 4 is 11.2 Å². The first kappa shape index (κ1) is 20.5. The third-order valence-corrected chi connectivity index (χ3v) is 5.15. The summed E-state index contributed by atoms with van der Waals surface area (Å²) in [6.45, 7) is 3.15. The second-order valence-electron chi connectivity index (χ2n) is 7.04. The number of hydrogen-bond donors (Lipinski definition) is 0. The van der Waals surface area contributed by atoms with Gasteiger partial charge in [0.05, 0.1) is 26.5 Å². The van der Waals surface area contributed by atoms with Crippen molar-refractivity contribution in [1.82, 2.24) is 18.7 Å². The Bertz CT molecular complexity index is 1290. The highest BCUT2D eigenvalue weighted by Gasteiger charge is 2.18. The molecule has 4 rings (SSSR count). The van der Waals surface area contributed by atoms with Crippen LogP contribution < -0.4 is 20.7 Å². The monoisotopic (exact) mass is 420 g/mol. The fraction of sp³-hybridized carbons (Fsp3) is 0.261. The standard InChI is InChI=1S/C23H24N4O4/c1-3-25-16-24-21-20(25)22(28)26(13-14-31-19-11-9-18(30-2)10-12-19)23(29)27(21)15-17-7-5-4-6-8-17/h4-12,16H,3,13-15H2,1-2H3. The molecule has 0 bridgehead atoms. The molecule has 0 N–H and O–H groups in total. The zero-order valence-corrected chi connectivity index (χ0v) is 17.5. The van der Waals surface area contributed by atoms with Gasteiger partial charge >= 0.3 is 5.69 Å². The normalized spacial score (nSPS) is 11.0. The average Bonchev–Trinajstić information content (AvgIpc) is 3.24. The smallest absolute Gasteiger partial charge is 0.333 e. The fourth-order valence-corrected chi connectivity index (χ4v) is 3.51. The molecular formula is C23H24N4O4. The largest absolute Gasteiger partial charge is 0.497 e. The number of ether oxygens (including phenoxy) is 2. The first-order valence-electron chi connectivity index (χ1n) is 10.1. The number of rotatable bonds is 8. The van der Waals surface area contributed by atoms with Crippen LogP contribution in [0.4, 0.5) is 0 Å².